The molecule has 3 atom stereocenters. The molecule has 5 aromatic carbocycles. The third-order valence-corrected chi connectivity index (χ3v) is 7.85. The Morgan fingerprint density at radius 2 is 1.00 bits per heavy atom. The average molecular weight is 533 g/mol. The van der Waals surface area contributed by atoms with Crippen molar-refractivity contribution in [1.82, 2.24) is 0 Å². The molecule has 41 heavy (non-hydrogen) atoms. The summed E-state index contributed by atoms with van der Waals surface area (Å²) in [4.78, 5) is 42.8. The lowest BCUT2D eigenvalue weighted by atomic mass is 9.71. The van der Waals surface area contributed by atoms with Crippen LogP contribution in [-0.2, 0) is 9.59 Å². The molecular weight excluding hydrogens is 504 g/mol. The highest BCUT2D eigenvalue weighted by atomic mass is 16.2. The predicted molar refractivity (Wildman–Crippen MR) is 162 cm³/mol. The molecule has 0 fully saturated rings. The fraction of sp³-hybridized carbons (Fsp3) is 0.0789. The Bertz CT molecular complexity index is 1710. The molecule has 198 valence electrons. The molecule has 0 radical (unpaired) electrons. The summed E-state index contributed by atoms with van der Waals surface area (Å²) in [5.74, 6) is -3.53. The van der Waals surface area contributed by atoms with E-state index in [1.54, 1.807) is 24.3 Å². The summed E-state index contributed by atoms with van der Waals surface area (Å²) in [6.45, 7) is 0. The van der Waals surface area contributed by atoms with Gasteiger partial charge < -0.3 is 0 Å². The van der Waals surface area contributed by atoms with Crippen molar-refractivity contribution in [1.29, 1.82) is 0 Å². The SMILES string of the molecule is O=C(C(=O)[C@H](c1ccccc1)[C@@H]1C(=O)C(c2ccccc2)=C(c2ccccc2)[C@@H]1c1ccccc1)c1ccccc1. The molecule has 0 N–H and O–H groups in total. The Hall–Kier alpha value is -5.15. The predicted octanol–water partition coefficient (Wildman–Crippen LogP) is 7.82. The highest BCUT2D eigenvalue weighted by molar-refractivity contribution is 6.46. The Morgan fingerprint density at radius 1 is 0.537 bits per heavy atom. The van der Waals surface area contributed by atoms with E-state index in [-0.39, 0.29) is 5.78 Å². The third kappa shape index (κ3) is 4.99. The first-order valence-corrected chi connectivity index (χ1v) is 13.8. The van der Waals surface area contributed by atoms with Gasteiger partial charge in [-0.05, 0) is 27.8 Å². The lowest BCUT2D eigenvalue weighted by Crippen LogP contribution is -2.34. The van der Waals surface area contributed by atoms with Crippen LogP contribution in [0.25, 0.3) is 11.1 Å². The molecular formula is C38H28O3. The van der Waals surface area contributed by atoms with Gasteiger partial charge in [-0.15, -0.1) is 0 Å². The summed E-state index contributed by atoms with van der Waals surface area (Å²) in [6, 6.07) is 47.3. The van der Waals surface area contributed by atoms with Crippen LogP contribution >= 0.6 is 0 Å². The lowest BCUT2D eigenvalue weighted by Gasteiger charge is -2.29. The Morgan fingerprint density at radius 3 is 1.56 bits per heavy atom. The smallest absolute Gasteiger partial charge is 0.229 e. The van der Waals surface area contributed by atoms with E-state index in [2.05, 4.69) is 0 Å². The summed E-state index contributed by atoms with van der Waals surface area (Å²) >= 11 is 0. The molecule has 0 aromatic heterocycles. The highest BCUT2D eigenvalue weighted by Crippen LogP contribution is 2.54. The number of benzene rings is 5. The van der Waals surface area contributed by atoms with Gasteiger partial charge in [0, 0.05) is 23.0 Å². The number of hydrogen-bond donors (Lipinski definition) is 0. The third-order valence-electron chi connectivity index (χ3n) is 7.85. The van der Waals surface area contributed by atoms with Crippen LogP contribution in [0.4, 0.5) is 0 Å². The molecule has 0 heterocycles. The fourth-order valence-corrected chi connectivity index (χ4v) is 6.06. The Balaban J connectivity index is 1.61. The second kappa shape index (κ2) is 11.5. The van der Waals surface area contributed by atoms with Crippen molar-refractivity contribution in [3.8, 4) is 0 Å². The van der Waals surface area contributed by atoms with Crippen LogP contribution in [0.2, 0.25) is 0 Å². The topological polar surface area (TPSA) is 51.2 Å². The van der Waals surface area contributed by atoms with E-state index < -0.39 is 29.3 Å². The van der Waals surface area contributed by atoms with E-state index in [1.807, 2.05) is 127 Å². The molecule has 0 saturated heterocycles. The van der Waals surface area contributed by atoms with E-state index in [1.165, 1.54) is 0 Å². The molecule has 6 rings (SSSR count). The van der Waals surface area contributed by atoms with Crippen molar-refractivity contribution in [3.05, 3.63) is 179 Å². The number of carbonyl (C=O) groups excluding carboxylic acids is 3. The van der Waals surface area contributed by atoms with Crippen molar-refractivity contribution in [2.75, 3.05) is 0 Å². The molecule has 0 aliphatic heterocycles. The quantitative estimate of drug-likeness (QED) is 0.151. The van der Waals surface area contributed by atoms with Gasteiger partial charge in [0.25, 0.3) is 0 Å². The van der Waals surface area contributed by atoms with Crippen LogP contribution in [-0.4, -0.2) is 17.3 Å². The number of rotatable bonds is 8. The first-order chi connectivity index (χ1) is 20.1. The Kier molecular flexibility index (Phi) is 7.34. The highest BCUT2D eigenvalue weighted by Gasteiger charge is 2.50. The van der Waals surface area contributed by atoms with Gasteiger partial charge >= 0.3 is 0 Å². The van der Waals surface area contributed by atoms with Crippen molar-refractivity contribution in [2.24, 2.45) is 5.92 Å². The van der Waals surface area contributed by atoms with E-state index >= 15 is 0 Å². The second-order valence-electron chi connectivity index (χ2n) is 10.2. The molecule has 0 bridgehead atoms. The zero-order valence-corrected chi connectivity index (χ0v) is 22.4. The van der Waals surface area contributed by atoms with Crippen LogP contribution in [0.15, 0.2) is 152 Å². The van der Waals surface area contributed by atoms with Crippen molar-refractivity contribution in [3.63, 3.8) is 0 Å². The number of carbonyl (C=O) groups is 3. The zero-order chi connectivity index (χ0) is 28.2. The molecule has 1 aliphatic carbocycles. The van der Waals surface area contributed by atoms with Crippen LogP contribution in [0.1, 0.15) is 44.4 Å². The Labute approximate surface area is 239 Å². The number of ketones is 3. The summed E-state index contributed by atoms with van der Waals surface area (Å²) in [7, 11) is 0. The maximum atomic E-state index is 14.8. The molecule has 0 amide bonds. The van der Waals surface area contributed by atoms with Gasteiger partial charge in [0.1, 0.15) is 0 Å². The first kappa shape index (κ1) is 26.1. The van der Waals surface area contributed by atoms with E-state index in [0.29, 0.717) is 16.7 Å². The monoisotopic (exact) mass is 532 g/mol. The maximum Gasteiger partial charge on any atom is 0.229 e. The van der Waals surface area contributed by atoms with Gasteiger partial charge in [-0.25, -0.2) is 0 Å². The summed E-state index contributed by atoms with van der Waals surface area (Å²) in [6.07, 6.45) is 0. The molecule has 0 spiro atoms. The minimum atomic E-state index is -0.971. The number of hydrogen-bond acceptors (Lipinski definition) is 3. The zero-order valence-electron chi connectivity index (χ0n) is 22.4. The molecule has 0 saturated carbocycles. The number of Topliss-reactive ketones (excluding diaryl/α,β-unsaturated/α-hetero) is 3. The van der Waals surface area contributed by atoms with E-state index in [0.717, 1.165) is 22.3 Å². The van der Waals surface area contributed by atoms with Gasteiger partial charge in [-0.1, -0.05) is 152 Å². The second-order valence-corrected chi connectivity index (χ2v) is 10.2. The van der Waals surface area contributed by atoms with E-state index in [4.69, 9.17) is 0 Å². The normalized spacial score (nSPS) is 17.3. The van der Waals surface area contributed by atoms with Gasteiger partial charge in [0.05, 0.1) is 5.92 Å². The van der Waals surface area contributed by atoms with Crippen LogP contribution in [0, 0.1) is 5.92 Å². The molecule has 1 aliphatic rings. The maximum absolute atomic E-state index is 14.8. The average Bonchev–Trinajstić information content (AvgIpc) is 3.35. The van der Waals surface area contributed by atoms with Gasteiger partial charge in [0.15, 0.2) is 5.78 Å². The molecule has 0 unspecified atom stereocenters. The largest absolute Gasteiger partial charge is 0.294 e. The minimum absolute atomic E-state index is 0.132. The van der Waals surface area contributed by atoms with Crippen molar-refractivity contribution < 1.29 is 14.4 Å². The van der Waals surface area contributed by atoms with Gasteiger partial charge in [0.2, 0.25) is 11.6 Å². The standard InChI is InChI=1S/C38H28O3/c39-36(30-24-14-5-15-25-30)38(41)34(29-22-12-4-13-23-29)35-32(27-18-8-2-9-19-27)31(26-16-6-1-7-17-26)33(37(35)40)28-20-10-3-11-21-28/h1-25,32,34-35H/t32-,34+,35+/m0/s1. The van der Waals surface area contributed by atoms with Crippen molar-refractivity contribution in [2.45, 2.75) is 11.8 Å². The molecule has 5 aromatic rings. The summed E-state index contributed by atoms with van der Waals surface area (Å²) in [5, 5.41) is 0. The molecule has 3 heteroatoms. The van der Waals surface area contributed by atoms with Crippen LogP contribution in [0.3, 0.4) is 0 Å². The van der Waals surface area contributed by atoms with Crippen molar-refractivity contribution >= 4 is 28.5 Å². The number of allylic oxidation sites excluding steroid dienone is 2. The van der Waals surface area contributed by atoms with E-state index in [9.17, 15) is 14.4 Å². The molecule has 3 nitrogen and oxygen atoms in total. The minimum Gasteiger partial charge on any atom is -0.294 e. The summed E-state index contributed by atoms with van der Waals surface area (Å²) in [5.41, 5.74) is 5.09. The van der Waals surface area contributed by atoms with Crippen LogP contribution in [0.5, 0.6) is 0 Å². The lowest BCUT2D eigenvalue weighted by molar-refractivity contribution is -0.124. The summed E-state index contributed by atoms with van der Waals surface area (Å²) < 4.78 is 0. The first-order valence-electron chi connectivity index (χ1n) is 13.8. The van der Waals surface area contributed by atoms with Gasteiger partial charge in [-0.3, -0.25) is 14.4 Å². The van der Waals surface area contributed by atoms with Gasteiger partial charge in [-0.2, -0.15) is 0 Å². The van der Waals surface area contributed by atoms with Crippen LogP contribution < -0.4 is 0 Å². The fourth-order valence-electron chi connectivity index (χ4n) is 6.06.